The summed E-state index contributed by atoms with van der Waals surface area (Å²) in [5, 5.41) is 4.85. The van der Waals surface area contributed by atoms with Crippen molar-refractivity contribution >= 4 is 28.9 Å². The highest BCUT2D eigenvalue weighted by molar-refractivity contribution is 7.80. The van der Waals surface area contributed by atoms with Gasteiger partial charge in [0.1, 0.15) is 5.75 Å². The van der Waals surface area contributed by atoms with E-state index in [1.54, 1.807) is 14.2 Å². The molecule has 1 aliphatic heterocycles. The van der Waals surface area contributed by atoms with E-state index in [1.807, 2.05) is 42.6 Å². The van der Waals surface area contributed by atoms with Gasteiger partial charge in [-0.1, -0.05) is 17.7 Å². The van der Waals surface area contributed by atoms with Crippen LogP contribution in [0.15, 0.2) is 48.7 Å². The number of pyridine rings is 1. The number of thiocarbonyl (C=S) groups is 1. The van der Waals surface area contributed by atoms with Gasteiger partial charge in [-0.3, -0.25) is 4.98 Å². The van der Waals surface area contributed by atoms with Crippen molar-refractivity contribution in [3.8, 4) is 11.4 Å². The van der Waals surface area contributed by atoms with E-state index in [0.29, 0.717) is 23.3 Å². The molecule has 1 fully saturated rings. The molecule has 4 rings (SSSR count). The predicted molar refractivity (Wildman–Crippen MR) is 131 cm³/mol. The number of nitrogens with zero attached hydrogens (tertiary/aromatic N) is 3. The molecule has 0 saturated carbocycles. The highest BCUT2D eigenvalue weighted by atomic mass is 35.5. The summed E-state index contributed by atoms with van der Waals surface area (Å²) < 4.78 is 13.2. The lowest BCUT2D eigenvalue weighted by Crippen LogP contribution is -2.32. The van der Waals surface area contributed by atoms with Crippen molar-refractivity contribution in [1.82, 2.24) is 19.8 Å². The van der Waals surface area contributed by atoms with Gasteiger partial charge in [-0.2, -0.15) is 0 Å². The largest absolute Gasteiger partial charge is 0.495 e. The number of aryl methyl sites for hydroxylation is 1. The molecule has 32 heavy (non-hydrogen) atoms. The Hall–Kier alpha value is -2.61. The number of halogens is 1. The Kier molecular flexibility index (Phi) is 6.69. The minimum atomic E-state index is -0.0734. The number of nitrogens with one attached hydrogen (secondary N) is 1. The van der Waals surface area contributed by atoms with E-state index >= 15 is 0 Å². The molecule has 1 aromatic carbocycles. The Morgan fingerprint density at radius 2 is 1.97 bits per heavy atom. The molecule has 168 valence electrons. The van der Waals surface area contributed by atoms with E-state index in [1.165, 1.54) is 5.56 Å². The summed E-state index contributed by atoms with van der Waals surface area (Å²) in [7, 11) is 3.37. The van der Waals surface area contributed by atoms with Gasteiger partial charge in [0, 0.05) is 36.3 Å². The molecule has 0 spiro atoms. The van der Waals surface area contributed by atoms with Crippen molar-refractivity contribution in [3.63, 3.8) is 0 Å². The van der Waals surface area contributed by atoms with Crippen LogP contribution in [0.4, 0.5) is 0 Å². The quantitative estimate of drug-likeness (QED) is 0.502. The van der Waals surface area contributed by atoms with Crippen LogP contribution in [0.5, 0.6) is 5.75 Å². The van der Waals surface area contributed by atoms with Gasteiger partial charge in [0.2, 0.25) is 0 Å². The fraction of sp³-hybridized carbons (Fsp3) is 0.333. The van der Waals surface area contributed by atoms with Gasteiger partial charge < -0.3 is 24.3 Å². The fourth-order valence-corrected chi connectivity index (χ4v) is 4.97. The summed E-state index contributed by atoms with van der Waals surface area (Å²) in [5.74, 6) is 0.764. The molecule has 3 heterocycles. The molecule has 2 aromatic heterocycles. The number of hydrogen-bond donors (Lipinski definition) is 1. The van der Waals surface area contributed by atoms with Gasteiger partial charge in [-0.15, -0.1) is 0 Å². The van der Waals surface area contributed by atoms with Gasteiger partial charge in [0.15, 0.2) is 5.11 Å². The third-order valence-electron chi connectivity index (χ3n) is 5.90. The van der Waals surface area contributed by atoms with Crippen LogP contribution in [-0.4, -0.2) is 46.9 Å². The van der Waals surface area contributed by atoms with E-state index in [2.05, 4.69) is 39.7 Å². The van der Waals surface area contributed by atoms with E-state index < -0.39 is 0 Å². The number of benzene rings is 1. The Morgan fingerprint density at radius 3 is 2.66 bits per heavy atom. The zero-order chi connectivity index (χ0) is 22.8. The summed E-state index contributed by atoms with van der Waals surface area (Å²) in [6.45, 7) is 5.47. The number of hydrogen-bond acceptors (Lipinski definition) is 4. The Balaban J connectivity index is 1.85. The minimum Gasteiger partial charge on any atom is -0.495 e. The van der Waals surface area contributed by atoms with Crippen LogP contribution in [0, 0.1) is 13.8 Å². The molecule has 1 N–H and O–H groups in total. The molecule has 8 heteroatoms. The summed E-state index contributed by atoms with van der Waals surface area (Å²) in [5.41, 5.74) is 5.21. The van der Waals surface area contributed by atoms with Crippen molar-refractivity contribution in [2.24, 2.45) is 0 Å². The Bertz CT molecular complexity index is 1120. The summed E-state index contributed by atoms with van der Waals surface area (Å²) in [6, 6.07) is 13.7. The molecule has 1 aliphatic rings. The summed E-state index contributed by atoms with van der Waals surface area (Å²) in [6.07, 6.45) is 1.81. The molecule has 0 aliphatic carbocycles. The first-order valence-corrected chi connectivity index (χ1v) is 11.2. The second-order valence-electron chi connectivity index (χ2n) is 7.79. The van der Waals surface area contributed by atoms with E-state index in [4.69, 9.17) is 33.3 Å². The molecule has 0 amide bonds. The maximum atomic E-state index is 6.34. The zero-order valence-electron chi connectivity index (χ0n) is 18.6. The number of methoxy groups -OCH3 is 2. The van der Waals surface area contributed by atoms with Crippen molar-refractivity contribution in [2.75, 3.05) is 27.4 Å². The third-order valence-corrected chi connectivity index (χ3v) is 6.49. The van der Waals surface area contributed by atoms with Crippen molar-refractivity contribution < 1.29 is 9.47 Å². The number of rotatable bonds is 7. The van der Waals surface area contributed by atoms with Crippen LogP contribution in [0.2, 0.25) is 5.02 Å². The van der Waals surface area contributed by atoms with Crippen LogP contribution in [0.25, 0.3) is 5.69 Å². The molecule has 1 saturated heterocycles. The highest BCUT2D eigenvalue weighted by Gasteiger charge is 2.41. The maximum absolute atomic E-state index is 6.34. The molecule has 3 aromatic rings. The lowest BCUT2D eigenvalue weighted by Gasteiger charge is -2.28. The summed E-state index contributed by atoms with van der Waals surface area (Å²) in [4.78, 5) is 6.81. The van der Waals surface area contributed by atoms with Gasteiger partial charge in [-0.25, -0.2) is 0 Å². The van der Waals surface area contributed by atoms with Crippen LogP contribution in [-0.2, 0) is 4.74 Å². The first-order chi connectivity index (χ1) is 15.5. The number of ether oxygens (including phenoxy) is 2. The molecular formula is C24H27ClN4O2S. The average Bonchev–Trinajstić information content (AvgIpc) is 3.27. The van der Waals surface area contributed by atoms with Crippen molar-refractivity contribution in [3.05, 3.63) is 76.3 Å². The fourth-order valence-electron chi connectivity index (χ4n) is 4.47. The maximum Gasteiger partial charge on any atom is 0.170 e. The van der Waals surface area contributed by atoms with E-state index in [9.17, 15) is 0 Å². The van der Waals surface area contributed by atoms with E-state index in [0.717, 1.165) is 28.5 Å². The Morgan fingerprint density at radius 1 is 1.16 bits per heavy atom. The SMILES string of the molecule is COCCN1C(=S)N[C@H](c2ccccn2)[C@H]1c1cc(C)n(-c2cc(Cl)ccc2OC)c1C. The minimum absolute atomic E-state index is 0.0299. The average molecular weight is 471 g/mol. The molecule has 0 radical (unpaired) electrons. The second-order valence-corrected chi connectivity index (χ2v) is 8.61. The number of aromatic nitrogens is 2. The molecule has 2 atom stereocenters. The normalized spacial score (nSPS) is 18.2. The summed E-state index contributed by atoms with van der Waals surface area (Å²) >= 11 is 12.1. The first-order valence-electron chi connectivity index (χ1n) is 10.5. The highest BCUT2D eigenvalue weighted by Crippen LogP contribution is 2.42. The standard InChI is InChI=1S/C24H27ClN4O2S/c1-15-13-18(16(2)29(15)20-14-17(25)8-9-21(20)31-4)23-22(19-7-5-6-10-26-19)27-24(32)28(23)11-12-30-3/h5-10,13-14,22-23H,11-12H2,1-4H3,(H,27,32)/t22-,23-/m1/s1. The van der Waals surface area contributed by atoms with E-state index in [-0.39, 0.29) is 12.1 Å². The first kappa shape index (κ1) is 22.6. The smallest absolute Gasteiger partial charge is 0.170 e. The lowest BCUT2D eigenvalue weighted by atomic mass is 9.97. The molecule has 6 nitrogen and oxygen atoms in total. The van der Waals surface area contributed by atoms with Crippen LogP contribution >= 0.6 is 23.8 Å². The third kappa shape index (κ3) is 4.08. The topological polar surface area (TPSA) is 51.5 Å². The molecule has 0 bridgehead atoms. The van der Waals surface area contributed by atoms with Crippen LogP contribution in [0.3, 0.4) is 0 Å². The monoisotopic (exact) mass is 470 g/mol. The lowest BCUT2D eigenvalue weighted by molar-refractivity contribution is 0.164. The second kappa shape index (κ2) is 9.48. The predicted octanol–water partition coefficient (Wildman–Crippen LogP) is 4.77. The van der Waals surface area contributed by atoms with Crippen molar-refractivity contribution in [1.29, 1.82) is 0 Å². The van der Waals surface area contributed by atoms with Crippen molar-refractivity contribution in [2.45, 2.75) is 25.9 Å². The van der Waals surface area contributed by atoms with Crippen LogP contribution < -0.4 is 10.1 Å². The van der Waals surface area contributed by atoms with Gasteiger partial charge in [0.25, 0.3) is 0 Å². The molecule has 0 unspecified atom stereocenters. The van der Waals surface area contributed by atoms with Crippen LogP contribution in [0.1, 0.15) is 34.7 Å². The Labute approximate surface area is 199 Å². The van der Waals surface area contributed by atoms with Gasteiger partial charge in [-0.05, 0) is 68.0 Å². The molecular weight excluding hydrogens is 444 g/mol. The zero-order valence-corrected chi connectivity index (χ0v) is 20.2. The van der Waals surface area contributed by atoms with Gasteiger partial charge in [0.05, 0.1) is 37.2 Å². The van der Waals surface area contributed by atoms with Gasteiger partial charge >= 0.3 is 0 Å².